The fourth-order valence-electron chi connectivity index (χ4n) is 3.72. The average Bonchev–Trinajstić information content (AvgIpc) is 3.01. The third-order valence-corrected chi connectivity index (χ3v) is 4.91. The van der Waals surface area contributed by atoms with E-state index in [4.69, 9.17) is 9.47 Å². The number of hydrogen-bond acceptors (Lipinski definition) is 4. The summed E-state index contributed by atoms with van der Waals surface area (Å²) in [6, 6.07) is 7.83. The highest BCUT2D eigenvalue weighted by Crippen LogP contribution is 2.36. The quantitative estimate of drug-likeness (QED) is 0.793. The molecule has 0 fully saturated rings. The largest absolute Gasteiger partial charge is 0.497 e. The van der Waals surface area contributed by atoms with Crippen molar-refractivity contribution in [3.63, 3.8) is 0 Å². The highest BCUT2D eigenvalue weighted by atomic mass is 16.5. The van der Waals surface area contributed by atoms with Crippen LogP contribution in [0.1, 0.15) is 70.3 Å². The summed E-state index contributed by atoms with van der Waals surface area (Å²) < 4.78 is 10.4. The Morgan fingerprint density at radius 1 is 1.19 bits per heavy atom. The fourth-order valence-corrected chi connectivity index (χ4v) is 3.72. The van der Waals surface area contributed by atoms with Crippen LogP contribution in [-0.2, 0) is 17.6 Å². The average molecular weight is 355 g/mol. The molecular weight excluding hydrogens is 330 g/mol. The van der Waals surface area contributed by atoms with Gasteiger partial charge in [0.1, 0.15) is 11.4 Å². The molecule has 0 bridgehead atoms. The van der Waals surface area contributed by atoms with Crippen LogP contribution in [0.15, 0.2) is 24.3 Å². The van der Waals surface area contributed by atoms with E-state index < -0.39 is 0 Å². The van der Waals surface area contributed by atoms with Gasteiger partial charge in [0.15, 0.2) is 5.78 Å². The minimum atomic E-state index is -0.376. The maximum absolute atomic E-state index is 12.9. The van der Waals surface area contributed by atoms with Gasteiger partial charge in [0, 0.05) is 17.7 Å². The molecule has 1 aliphatic rings. The number of hydrogen-bond donors (Lipinski definition) is 1. The summed E-state index contributed by atoms with van der Waals surface area (Å²) >= 11 is 0. The van der Waals surface area contributed by atoms with Crippen molar-refractivity contribution >= 4 is 11.8 Å². The van der Waals surface area contributed by atoms with E-state index in [9.17, 15) is 9.59 Å². The Balaban J connectivity index is 1.95. The van der Waals surface area contributed by atoms with Crippen molar-refractivity contribution in [3.8, 4) is 5.75 Å². The van der Waals surface area contributed by atoms with Crippen LogP contribution in [0.2, 0.25) is 0 Å². The molecule has 138 valence electrons. The molecule has 1 unspecified atom stereocenters. The highest BCUT2D eigenvalue weighted by Gasteiger charge is 2.33. The Morgan fingerprint density at radius 3 is 2.54 bits per heavy atom. The predicted molar refractivity (Wildman–Crippen MR) is 99.1 cm³/mol. The van der Waals surface area contributed by atoms with E-state index in [0.29, 0.717) is 37.1 Å². The molecule has 26 heavy (non-hydrogen) atoms. The van der Waals surface area contributed by atoms with Gasteiger partial charge in [-0.1, -0.05) is 25.5 Å². The molecule has 5 heteroatoms. The van der Waals surface area contributed by atoms with Crippen molar-refractivity contribution in [3.05, 3.63) is 52.3 Å². The van der Waals surface area contributed by atoms with Gasteiger partial charge in [0.25, 0.3) is 0 Å². The maximum atomic E-state index is 12.9. The van der Waals surface area contributed by atoms with Crippen LogP contribution in [0, 0.1) is 0 Å². The Morgan fingerprint density at radius 2 is 1.92 bits per heavy atom. The zero-order valence-electron chi connectivity index (χ0n) is 15.6. The number of methoxy groups -OCH3 is 1. The number of carbonyl (C=O) groups excluding carboxylic acids is 2. The van der Waals surface area contributed by atoms with E-state index in [1.165, 1.54) is 0 Å². The molecular formula is C21H25NO4. The van der Waals surface area contributed by atoms with Gasteiger partial charge in [0.05, 0.1) is 13.7 Å². The van der Waals surface area contributed by atoms with E-state index in [1.54, 1.807) is 14.0 Å². The van der Waals surface area contributed by atoms with E-state index in [1.807, 2.05) is 31.2 Å². The Labute approximate surface area is 153 Å². The van der Waals surface area contributed by atoms with E-state index in [2.05, 4.69) is 4.98 Å². The third-order valence-electron chi connectivity index (χ3n) is 4.91. The monoisotopic (exact) mass is 355 g/mol. The normalized spacial score (nSPS) is 16.3. The fraction of sp³-hybridized carbons (Fsp3) is 0.429. The molecule has 5 nitrogen and oxygen atoms in total. The second-order valence-corrected chi connectivity index (χ2v) is 6.60. The van der Waals surface area contributed by atoms with Crippen LogP contribution in [0.4, 0.5) is 0 Å². The minimum absolute atomic E-state index is 0.0994. The van der Waals surface area contributed by atoms with Crippen molar-refractivity contribution in [2.75, 3.05) is 13.7 Å². The standard InChI is InChI=1S/C21H25NO4/c1-4-6-16-19-17(22-20(16)21(24)26-5-2)11-14(12-18(19)23)13-7-9-15(25-3)10-8-13/h7-10,14,22H,4-6,11-12H2,1-3H3. The predicted octanol–water partition coefficient (Wildman–Crippen LogP) is 4.07. The van der Waals surface area contributed by atoms with E-state index in [0.717, 1.165) is 29.0 Å². The van der Waals surface area contributed by atoms with Crippen LogP contribution in [0.25, 0.3) is 0 Å². The first kappa shape index (κ1) is 18.2. The summed E-state index contributed by atoms with van der Waals surface area (Å²) in [5.74, 6) is 0.622. The molecule has 1 aromatic heterocycles. The smallest absolute Gasteiger partial charge is 0.355 e. The SMILES string of the molecule is CCCc1c(C(=O)OCC)[nH]c2c1C(=O)CC(c1ccc(OC)cc1)C2. The van der Waals surface area contributed by atoms with Gasteiger partial charge in [-0.3, -0.25) is 4.79 Å². The van der Waals surface area contributed by atoms with Crippen LogP contribution in [0.3, 0.4) is 0 Å². The number of ketones is 1. The topological polar surface area (TPSA) is 68.4 Å². The Kier molecular flexibility index (Phi) is 5.45. The summed E-state index contributed by atoms with van der Waals surface area (Å²) in [5.41, 5.74) is 3.93. The Bertz CT molecular complexity index is 804. The van der Waals surface area contributed by atoms with Gasteiger partial charge in [-0.15, -0.1) is 0 Å². The number of ether oxygens (including phenoxy) is 2. The summed E-state index contributed by atoms with van der Waals surface area (Å²) in [5, 5.41) is 0. The van der Waals surface area contributed by atoms with Crippen LogP contribution >= 0.6 is 0 Å². The highest BCUT2D eigenvalue weighted by molar-refractivity contribution is 6.03. The zero-order valence-corrected chi connectivity index (χ0v) is 15.6. The van der Waals surface area contributed by atoms with Crippen molar-refractivity contribution in [2.24, 2.45) is 0 Å². The lowest BCUT2D eigenvalue weighted by Gasteiger charge is -2.22. The lowest BCUT2D eigenvalue weighted by atomic mass is 9.81. The number of carbonyl (C=O) groups is 2. The molecule has 0 saturated carbocycles. The molecule has 0 aliphatic heterocycles. The molecule has 1 N–H and O–H groups in total. The lowest BCUT2D eigenvalue weighted by molar-refractivity contribution is 0.0518. The number of aromatic amines is 1. The number of H-pyrrole nitrogens is 1. The summed E-state index contributed by atoms with van der Waals surface area (Å²) in [6.45, 7) is 4.14. The number of aromatic nitrogens is 1. The van der Waals surface area contributed by atoms with Crippen LogP contribution in [0.5, 0.6) is 5.75 Å². The molecule has 1 heterocycles. The summed E-state index contributed by atoms with van der Waals surface area (Å²) in [4.78, 5) is 28.4. The molecule has 1 atom stereocenters. The molecule has 0 saturated heterocycles. The van der Waals surface area contributed by atoms with Gasteiger partial charge >= 0.3 is 5.97 Å². The molecule has 3 rings (SSSR count). The molecule has 1 aliphatic carbocycles. The zero-order chi connectivity index (χ0) is 18.7. The first-order valence-electron chi connectivity index (χ1n) is 9.16. The molecule has 2 aromatic rings. The first-order valence-corrected chi connectivity index (χ1v) is 9.16. The number of esters is 1. The number of Topliss-reactive ketones (excluding diaryl/α,β-unsaturated/α-hetero) is 1. The van der Waals surface area contributed by atoms with Crippen LogP contribution in [-0.4, -0.2) is 30.5 Å². The van der Waals surface area contributed by atoms with Gasteiger partial charge < -0.3 is 14.5 Å². The number of rotatable bonds is 6. The van der Waals surface area contributed by atoms with Crippen molar-refractivity contribution in [1.29, 1.82) is 0 Å². The van der Waals surface area contributed by atoms with Crippen molar-refractivity contribution < 1.29 is 19.1 Å². The van der Waals surface area contributed by atoms with E-state index in [-0.39, 0.29) is 17.7 Å². The van der Waals surface area contributed by atoms with Crippen LogP contribution < -0.4 is 4.74 Å². The molecule has 0 spiro atoms. The second-order valence-electron chi connectivity index (χ2n) is 6.60. The van der Waals surface area contributed by atoms with Gasteiger partial charge in [-0.05, 0) is 48.9 Å². The van der Waals surface area contributed by atoms with E-state index >= 15 is 0 Å². The molecule has 0 radical (unpaired) electrons. The van der Waals surface area contributed by atoms with Crippen molar-refractivity contribution in [2.45, 2.75) is 45.4 Å². The number of fused-ring (bicyclic) bond motifs is 1. The summed E-state index contributed by atoms with van der Waals surface area (Å²) in [6.07, 6.45) is 2.73. The van der Waals surface area contributed by atoms with Gasteiger partial charge in [0.2, 0.25) is 0 Å². The second kappa shape index (κ2) is 7.77. The molecule has 0 amide bonds. The van der Waals surface area contributed by atoms with Gasteiger partial charge in [-0.25, -0.2) is 4.79 Å². The first-order chi connectivity index (χ1) is 12.6. The molecule has 1 aromatic carbocycles. The number of benzene rings is 1. The van der Waals surface area contributed by atoms with Gasteiger partial charge in [-0.2, -0.15) is 0 Å². The number of nitrogens with one attached hydrogen (secondary N) is 1. The van der Waals surface area contributed by atoms with Crippen molar-refractivity contribution in [1.82, 2.24) is 4.98 Å². The minimum Gasteiger partial charge on any atom is -0.497 e. The maximum Gasteiger partial charge on any atom is 0.355 e. The summed E-state index contributed by atoms with van der Waals surface area (Å²) in [7, 11) is 1.64. The Hall–Kier alpha value is -2.56. The third kappa shape index (κ3) is 3.39. The lowest BCUT2D eigenvalue weighted by Crippen LogP contribution is -2.19.